The molecule has 0 N–H and O–H groups in total. The summed E-state index contributed by atoms with van der Waals surface area (Å²) in [5.41, 5.74) is 1.65. The number of ether oxygens (including phenoxy) is 3. The average Bonchev–Trinajstić information content (AvgIpc) is 3.20. The molecule has 19 heavy (non-hydrogen) atoms. The number of hydrogen-bond donors (Lipinski definition) is 0. The molecule has 1 fully saturated rings. The molecule has 1 aromatic carbocycles. The summed E-state index contributed by atoms with van der Waals surface area (Å²) < 4.78 is 15.6. The van der Waals surface area contributed by atoms with Crippen molar-refractivity contribution in [1.29, 1.82) is 0 Å². The number of carbonyl (C=O) groups is 1. The Labute approximate surface area is 113 Å². The summed E-state index contributed by atoms with van der Waals surface area (Å²) in [4.78, 5) is 11.8. The lowest BCUT2D eigenvalue weighted by molar-refractivity contribution is -0.147. The van der Waals surface area contributed by atoms with Gasteiger partial charge in [0.2, 0.25) is 0 Å². The molecule has 0 bridgehead atoms. The summed E-state index contributed by atoms with van der Waals surface area (Å²) in [6.07, 6.45) is 2.39. The number of benzene rings is 1. The fraction of sp³-hybridized carbons (Fsp3) is 0.533. The van der Waals surface area contributed by atoms with Gasteiger partial charge < -0.3 is 14.2 Å². The summed E-state index contributed by atoms with van der Waals surface area (Å²) in [6.45, 7) is 1.97. The van der Waals surface area contributed by atoms with Gasteiger partial charge >= 0.3 is 5.97 Å². The maximum Gasteiger partial charge on any atom is 0.312 e. The molecular weight excluding hydrogens is 244 g/mol. The smallest absolute Gasteiger partial charge is 0.312 e. The maximum absolute atomic E-state index is 11.8. The maximum atomic E-state index is 11.8. The van der Waals surface area contributed by atoms with Crippen molar-refractivity contribution >= 4 is 5.97 Å². The molecule has 1 aliphatic rings. The van der Waals surface area contributed by atoms with Crippen LogP contribution < -0.4 is 9.47 Å². The Bertz CT molecular complexity index is 489. The van der Waals surface area contributed by atoms with Crippen LogP contribution in [0.3, 0.4) is 0 Å². The van der Waals surface area contributed by atoms with Gasteiger partial charge in [-0.05, 0) is 49.4 Å². The van der Waals surface area contributed by atoms with E-state index in [9.17, 15) is 4.79 Å². The summed E-state index contributed by atoms with van der Waals surface area (Å²) in [5, 5.41) is 0. The number of carbonyl (C=O) groups excluding carboxylic acids is 1. The van der Waals surface area contributed by atoms with Crippen molar-refractivity contribution in [3.8, 4) is 11.5 Å². The molecule has 4 nitrogen and oxygen atoms in total. The zero-order valence-corrected chi connectivity index (χ0v) is 11.9. The summed E-state index contributed by atoms with van der Waals surface area (Å²) in [5.74, 6) is 1.49. The number of rotatable bonds is 5. The van der Waals surface area contributed by atoms with Crippen molar-refractivity contribution < 1.29 is 19.0 Å². The summed E-state index contributed by atoms with van der Waals surface area (Å²) >= 11 is 0. The molecule has 0 amide bonds. The molecule has 0 atom stereocenters. The Morgan fingerprint density at radius 1 is 1.16 bits per heavy atom. The van der Waals surface area contributed by atoms with Crippen molar-refractivity contribution in [1.82, 2.24) is 0 Å². The van der Waals surface area contributed by atoms with Crippen LogP contribution in [0.4, 0.5) is 0 Å². The first-order chi connectivity index (χ1) is 9.06. The van der Waals surface area contributed by atoms with Crippen LogP contribution >= 0.6 is 0 Å². The predicted molar refractivity (Wildman–Crippen MR) is 71.7 cm³/mol. The van der Waals surface area contributed by atoms with Crippen LogP contribution in [-0.2, 0) is 16.0 Å². The molecule has 0 unspecified atom stereocenters. The standard InChI is InChI=1S/C15H20O4/c1-10-7-13(18-3)11(8-12(10)17-2)9-15(5-6-15)14(16)19-4/h7-8H,5-6,9H2,1-4H3. The van der Waals surface area contributed by atoms with Gasteiger partial charge in [-0.25, -0.2) is 0 Å². The Hall–Kier alpha value is -1.71. The number of aryl methyl sites for hydroxylation is 1. The molecule has 1 saturated carbocycles. The fourth-order valence-electron chi connectivity index (χ4n) is 2.44. The minimum Gasteiger partial charge on any atom is -0.496 e. The quantitative estimate of drug-likeness (QED) is 0.766. The van der Waals surface area contributed by atoms with E-state index in [2.05, 4.69) is 0 Å². The van der Waals surface area contributed by atoms with E-state index >= 15 is 0 Å². The second-order valence-electron chi connectivity index (χ2n) is 5.08. The number of methoxy groups -OCH3 is 3. The summed E-state index contributed by atoms with van der Waals surface area (Å²) in [6, 6.07) is 3.90. The van der Waals surface area contributed by atoms with Gasteiger partial charge in [-0.1, -0.05) is 0 Å². The largest absolute Gasteiger partial charge is 0.496 e. The van der Waals surface area contributed by atoms with E-state index in [4.69, 9.17) is 14.2 Å². The Kier molecular flexibility index (Phi) is 3.69. The molecule has 2 rings (SSSR count). The van der Waals surface area contributed by atoms with Crippen molar-refractivity contribution in [3.05, 3.63) is 23.3 Å². The third kappa shape index (κ3) is 2.53. The molecule has 0 aliphatic heterocycles. The van der Waals surface area contributed by atoms with E-state index < -0.39 is 0 Å². The zero-order valence-electron chi connectivity index (χ0n) is 11.9. The lowest BCUT2D eigenvalue weighted by Gasteiger charge is -2.17. The summed E-state index contributed by atoms with van der Waals surface area (Å²) in [7, 11) is 4.73. The molecule has 0 aromatic heterocycles. The third-order valence-corrected chi connectivity index (χ3v) is 3.80. The van der Waals surface area contributed by atoms with Gasteiger partial charge in [-0.2, -0.15) is 0 Å². The predicted octanol–water partition coefficient (Wildman–Crippen LogP) is 2.51. The second kappa shape index (κ2) is 5.11. The highest BCUT2D eigenvalue weighted by atomic mass is 16.5. The number of esters is 1. The normalized spacial score (nSPS) is 15.8. The Morgan fingerprint density at radius 2 is 1.79 bits per heavy atom. The minimum absolute atomic E-state index is 0.130. The SMILES string of the molecule is COC(=O)C1(Cc2cc(OC)c(C)cc2OC)CC1. The highest BCUT2D eigenvalue weighted by Gasteiger charge is 2.51. The second-order valence-corrected chi connectivity index (χ2v) is 5.08. The monoisotopic (exact) mass is 264 g/mol. The molecule has 0 saturated heterocycles. The average molecular weight is 264 g/mol. The molecule has 1 aromatic rings. The Morgan fingerprint density at radius 3 is 2.26 bits per heavy atom. The topological polar surface area (TPSA) is 44.8 Å². The van der Waals surface area contributed by atoms with Crippen molar-refractivity contribution in [3.63, 3.8) is 0 Å². The fourth-order valence-corrected chi connectivity index (χ4v) is 2.44. The van der Waals surface area contributed by atoms with E-state index in [0.29, 0.717) is 6.42 Å². The van der Waals surface area contributed by atoms with E-state index in [-0.39, 0.29) is 11.4 Å². The lowest BCUT2D eigenvalue weighted by atomic mass is 9.95. The molecular formula is C15H20O4. The van der Waals surface area contributed by atoms with Crippen LogP contribution in [0.5, 0.6) is 11.5 Å². The first-order valence-electron chi connectivity index (χ1n) is 6.36. The molecule has 4 heteroatoms. The molecule has 104 valence electrons. The molecule has 1 aliphatic carbocycles. The van der Waals surface area contributed by atoms with Crippen LogP contribution in [0.1, 0.15) is 24.0 Å². The van der Waals surface area contributed by atoms with Crippen LogP contribution in [-0.4, -0.2) is 27.3 Å². The van der Waals surface area contributed by atoms with E-state index in [0.717, 1.165) is 35.5 Å². The van der Waals surface area contributed by atoms with Crippen LogP contribution in [0.2, 0.25) is 0 Å². The number of hydrogen-bond acceptors (Lipinski definition) is 4. The molecule has 0 spiro atoms. The Balaban J connectivity index is 2.31. The third-order valence-electron chi connectivity index (χ3n) is 3.80. The van der Waals surface area contributed by atoms with Gasteiger partial charge in [-0.3, -0.25) is 4.79 Å². The molecule has 0 heterocycles. The zero-order chi connectivity index (χ0) is 14.0. The van der Waals surface area contributed by atoms with Crippen LogP contribution in [0.25, 0.3) is 0 Å². The van der Waals surface area contributed by atoms with E-state index in [1.54, 1.807) is 14.2 Å². The van der Waals surface area contributed by atoms with Gasteiger partial charge in [0.05, 0.1) is 26.7 Å². The van der Waals surface area contributed by atoms with Crippen molar-refractivity contribution in [2.24, 2.45) is 5.41 Å². The first-order valence-corrected chi connectivity index (χ1v) is 6.36. The lowest BCUT2D eigenvalue weighted by Crippen LogP contribution is -2.20. The van der Waals surface area contributed by atoms with Gasteiger partial charge in [0.25, 0.3) is 0 Å². The van der Waals surface area contributed by atoms with Crippen molar-refractivity contribution in [2.45, 2.75) is 26.2 Å². The van der Waals surface area contributed by atoms with Crippen LogP contribution in [0.15, 0.2) is 12.1 Å². The van der Waals surface area contributed by atoms with E-state index in [1.807, 2.05) is 19.1 Å². The highest BCUT2D eigenvalue weighted by Crippen LogP contribution is 2.50. The van der Waals surface area contributed by atoms with Gasteiger partial charge in [0.1, 0.15) is 11.5 Å². The highest BCUT2D eigenvalue weighted by molar-refractivity contribution is 5.80. The van der Waals surface area contributed by atoms with Gasteiger partial charge in [-0.15, -0.1) is 0 Å². The van der Waals surface area contributed by atoms with Crippen molar-refractivity contribution in [2.75, 3.05) is 21.3 Å². The van der Waals surface area contributed by atoms with Gasteiger partial charge in [0.15, 0.2) is 0 Å². The molecule has 0 radical (unpaired) electrons. The van der Waals surface area contributed by atoms with Gasteiger partial charge in [0, 0.05) is 0 Å². The van der Waals surface area contributed by atoms with E-state index in [1.165, 1.54) is 7.11 Å². The first kappa shape index (κ1) is 13.7. The minimum atomic E-state index is -0.359. The van der Waals surface area contributed by atoms with Crippen LogP contribution in [0, 0.1) is 12.3 Å².